The molecule has 2 rings (SSSR count). The predicted octanol–water partition coefficient (Wildman–Crippen LogP) is 2.90. The SMILES string of the molecule is O=[N+]([O-])c1ccc(N/N=C\c2cc(Br)ccc2O)nc1. The Morgan fingerprint density at radius 2 is 2.20 bits per heavy atom. The van der Waals surface area contributed by atoms with Crippen molar-refractivity contribution in [2.45, 2.75) is 0 Å². The molecule has 1 heterocycles. The Kier molecular flexibility index (Phi) is 4.26. The van der Waals surface area contributed by atoms with E-state index in [0.717, 1.165) is 10.7 Å². The number of anilines is 1. The van der Waals surface area contributed by atoms with Crippen LogP contribution in [0.25, 0.3) is 0 Å². The van der Waals surface area contributed by atoms with Gasteiger partial charge in [0.25, 0.3) is 5.69 Å². The van der Waals surface area contributed by atoms with Crippen molar-refractivity contribution in [3.8, 4) is 5.75 Å². The number of nitrogens with one attached hydrogen (secondary N) is 1. The van der Waals surface area contributed by atoms with Crippen molar-refractivity contribution in [1.82, 2.24) is 4.98 Å². The molecule has 1 aromatic heterocycles. The Bertz CT molecular complexity index is 658. The first kappa shape index (κ1) is 13.9. The van der Waals surface area contributed by atoms with E-state index in [1.54, 1.807) is 12.1 Å². The van der Waals surface area contributed by atoms with Crippen LogP contribution in [0.3, 0.4) is 0 Å². The molecule has 20 heavy (non-hydrogen) atoms. The molecule has 0 bridgehead atoms. The molecular weight excluding hydrogens is 328 g/mol. The zero-order chi connectivity index (χ0) is 14.5. The van der Waals surface area contributed by atoms with Gasteiger partial charge in [-0.3, -0.25) is 15.5 Å². The molecule has 7 nitrogen and oxygen atoms in total. The second kappa shape index (κ2) is 6.11. The summed E-state index contributed by atoms with van der Waals surface area (Å²) in [6.45, 7) is 0. The fraction of sp³-hybridized carbons (Fsp3) is 0. The van der Waals surface area contributed by atoms with E-state index in [1.807, 2.05) is 0 Å². The average Bonchev–Trinajstić information content (AvgIpc) is 2.43. The lowest BCUT2D eigenvalue weighted by atomic mass is 10.2. The zero-order valence-electron chi connectivity index (χ0n) is 10.0. The number of benzene rings is 1. The molecule has 0 spiro atoms. The van der Waals surface area contributed by atoms with Gasteiger partial charge < -0.3 is 5.11 Å². The lowest BCUT2D eigenvalue weighted by Crippen LogP contribution is -1.95. The number of phenolic OH excluding ortho intramolecular Hbond substituents is 1. The average molecular weight is 337 g/mol. The highest BCUT2D eigenvalue weighted by molar-refractivity contribution is 9.10. The van der Waals surface area contributed by atoms with Crippen molar-refractivity contribution in [3.63, 3.8) is 0 Å². The van der Waals surface area contributed by atoms with E-state index in [-0.39, 0.29) is 11.4 Å². The minimum Gasteiger partial charge on any atom is -0.507 e. The number of hydrogen-bond donors (Lipinski definition) is 2. The van der Waals surface area contributed by atoms with Crippen LogP contribution in [0.15, 0.2) is 46.1 Å². The maximum atomic E-state index is 10.5. The predicted molar refractivity (Wildman–Crippen MR) is 77.9 cm³/mol. The van der Waals surface area contributed by atoms with E-state index in [9.17, 15) is 15.2 Å². The number of pyridine rings is 1. The van der Waals surface area contributed by atoms with Gasteiger partial charge in [0, 0.05) is 16.1 Å². The van der Waals surface area contributed by atoms with E-state index in [0.29, 0.717) is 11.4 Å². The summed E-state index contributed by atoms with van der Waals surface area (Å²) in [6.07, 6.45) is 2.55. The fourth-order valence-corrected chi connectivity index (χ4v) is 1.74. The van der Waals surface area contributed by atoms with E-state index < -0.39 is 4.92 Å². The molecular formula is C12H9BrN4O3. The monoisotopic (exact) mass is 336 g/mol. The maximum Gasteiger partial charge on any atom is 0.287 e. The molecule has 0 saturated heterocycles. The van der Waals surface area contributed by atoms with Gasteiger partial charge in [0.05, 0.1) is 11.1 Å². The van der Waals surface area contributed by atoms with Crippen LogP contribution in [-0.2, 0) is 0 Å². The van der Waals surface area contributed by atoms with Crippen LogP contribution in [0, 0.1) is 10.1 Å². The Morgan fingerprint density at radius 3 is 2.85 bits per heavy atom. The second-order valence-corrected chi connectivity index (χ2v) is 4.65. The highest BCUT2D eigenvalue weighted by atomic mass is 79.9. The van der Waals surface area contributed by atoms with Gasteiger partial charge in [-0.1, -0.05) is 15.9 Å². The van der Waals surface area contributed by atoms with Crippen LogP contribution in [-0.4, -0.2) is 21.2 Å². The molecule has 8 heteroatoms. The van der Waals surface area contributed by atoms with Gasteiger partial charge in [-0.15, -0.1) is 0 Å². The number of aromatic hydroxyl groups is 1. The third-order valence-corrected chi connectivity index (χ3v) is 2.82. The number of phenols is 1. The summed E-state index contributed by atoms with van der Waals surface area (Å²) in [7, 11) is 0. The number of rotatable bonds is 4. The lowest BCUT2D eigenvalue weighted by Gasteiger charge is -2.00. The highest BCUT2D eigenvalue weighted by Crippen LogP contribution is 2.20. The number of nitrogens with zero attached hydrogens (tertiary/aromatic N) is 3. The molecule has 2 aromatic rings. The normalized spacial score (nSPS) is 10.7. The van der Waals surface area contributed by atoms with Crippen LogP contribution in [0.1, 0.15) is 5.56 Å². The topological polar surface area (TPSA) is 101 Å². The number of nitro groups is 1. The molecule has 0 fully saturated rings. The smallest absolute Gasteiger partial charge is 0.287 e. The van der Waals surface area contributed by atoms with E-state index in [4.69, 9.17) is 0 Å². The van der Waals surface area contributed by atoms with Gasteiger partial charge in [-0.05, 0) is 24.3 Å². The maximum absolute atomic E-state index is 10.5. The van der Waals surface area contributed by atoms with Crippen molar-refractivity contribution in [2.75, 3.05) is 5.43 Å². The van der Waals surface area contributed by atoms with Gasteiger partial charge in [0.1, 0.15) is 17.8 Å². The van der Waals surface area contributed by atoms with Crippen molar-refractivity contribution in [2.24, 2.45) is 5.10 Å². The molecule has 2 N–H and O–H groups in total. The molecule has 0 aliphatic heterocycles. The number of aromatic nitrogens is 1. The summed E-state index contributed by atoms with van der Waals surface area (Å²) in [5, 5.41) is 24.0. The number of hydrazone groups is 1. The minimum absolute atomic E-state index is 0.0930. The van der Waals surface area contributed by atoms with Crippen LogP contribution in [0.4, 0.5) is 11.5 Å². The largest absolute Gasteiger partial charge is 0.507 e. The Hall–Kier alpha value is -2.48. The third-order valence-electron chi connectivity index (χ3n) is 2.33. The minimum atomic E-state index is -0.528. The van der Waals surface area contributed by atoms with Crippen molar-refractivity contribution >= 4 is 33.6 Å². The van der Waals surface area contributed by atoms with E-state index >= 15 is 0 Å². The van der Waals surface area contributed by atoms with E-state index in [2.05, 4.69) is 31.4 Å². The molecule has 0 atom stereocenters. The molecule has 0 unspecified atom stereocenters. The van der Waals surface area contributed by atoms with Crippen LogP contribution in [0.5, 0.6) is 5.75 Å². The van der Waals surface area contributed by atoms with Crippen molar-refractivity contribution in [3.05, 3.63) is 56.7 Å². The zero-order valence-corrected chi connectivity index (χ0v) is 11.6. The third kappa shape index (κ3) is 3.51. The number of halogens is 1. The van der Waals surface area contributed by atoms with Crippen LogP contribution < -0.4 is 5.43 Å². The Balaban J connectivity index is 2.06. The summed E-state index contributed by atoms with van der Waals surface area (Å²) in [5.74, 6) is 0.455. The van der Waals surface area contributed by atoms with Crippen molar-refractivity contribution < 1.29 is 10.0 Å². The Labute approximate surface area is 122 Å². The van der Waals surface area contributed by atoms with Gasteiger partial charge in [-0.25, -0.2) is 4.98 Å². The Morgan fingerprint density at radius 1 is 1.40 bits per heavy atom. The first-order valence-electron chi connectivity index (χ1n) is 5.44. The molecule has 0 aliphatic rings. The summed E-state index contributed by atoms with van der Waals surface area (Å²) >= 11 is 3.29. The van der Waals surface area contributed by atoms with Gasteiger partial charge in [-0.2, -0.15) is 5.10 Å². The summed E-state index contributed by atoms with van der Waals surface area (Å²) < 4.78 is 0.810. The quantitative estimate of drug-likeness (QED) is 0.507. The number of hydrogen-bond acceptors (Lipinski definition) is 6. The molecule has 0 aliphatic carbocycles. The van der Waals surface area contributed by atoms with E-state index in [1.165, 1.54) is 24.4 Å². The summed E-state index contributed by atoms with van der Waals surface area (Å²) in [6, 6.07) is 7.70. The van der Waals surface area contributed by atoms with Gasteiger partial charge in [0.15, 0.2) is 0 Å². The fourth-order valence-electron chi connectivity index (χ4n) is 1.36. The molecule has 0 amide bonds. The summed E-state index contributed by atoms with van der Waals surface area (Å²) in [4.78, 5) is 13.8. The second-order valence-electron chi connectivity index (χ2n) is 3.73. The summed E-state index contributed by atoms with van der Waals surface area (Å²) in [5.41, 5.74) is 3.04. The highest BCUT2D eigenvalue weighted by Gasteiger charge is 2.04. The lowest BCUT2D eigenvalue weighted by molar-refractivity contribution is -0.385. The first-order valence-corrected chi connectivity index (χ1v) is 6.23. The molecule has 0 saturated carbocycles. The standard InChI is InChI=1S/C12H9BrN4O3/c13-9-1-3-11(18)8(5-9)6-15-16-12-4-2-10(7-14-12)17(19)20/h1-7,18H,(H,14,16)/b15-6-. The molecule has 0 radical (unpaired) electrons. The van der Waals surface area contributed by atoms with Crippen LogP contribution >= 0.6 is 15.9 Å². The molecule has 1 aromatic carbocycles. The van der Waals surface area contributed by atoms with Gasteiger partial charge in [0.2, 0.25) is 0 Å². The van der Waals surface area contributed by atoms with Crippen LogP contribution in [0.2, 0.25) is 0 Å². The first-order chi connectivity index (χ1) is 9.56. The molecule has 102 valence electrons. The van der Waals surface area contributed by atoms with Gasteiger partial charge >= 0.3 is 0 Å². The van der Waals surface area contributed by atoms with Crippen molar-refractivity contribution in [1.29, 1.82) is 0 Å².